The molecular weight excluding hydrogens is 290 g/mol. The molecule has 0 radical (unpaired) electrons. The van der Waals surface area contributed by atoms with Crippen molar-refractivity contribution >= 4 is 17.4 Å². The lowest BCUT2D eigenvalue weighted by molar-refractivity contribution is -0.127. The first-order chi connectivity index (χ1) is 11.2. The summed E-state index contributed by atoms with van der Waals surface area (Å²) in [7, 11) is 0. The summed E-state index contributed by atoms with van der Waals surface area (Å²) in [6.45, 7) is 5.79. The highest BCUT2D eigenvalue weighted by Crippen LogP contribution is 2.21. The van der Waals surface area contributed by atoms with E-state index >= 15 is 0 Å². The van der Waals surface area contributed by atoms with E-state index < -0.39 is 0 Å². The van der Waals surface area contributed by atoms with Crippen molar-refractivity contribution in [3.05, 3.63) is 11.8 Å². The van der Waals surface area contributed by atoms with E-state index in [4.69, 9.17) is 0 Å². The molecule has 0 N–H and O–H groups in total. The topological polar surface area (TPSA) is 74.3 Å². The number of nitrogens with zero attached hydrogens (tertiary/aromatic N) is 5. The number of aryl methyl sites for hydroxylation is 1. The number of rotatable bonds is 6. The Kier molecular flexibility index (Phi) is 5.94. The molecule has 0 spiro atoms. The number of carbonyl (C=O) groups excluding carboxylic acids is 1. The molecule has 1 amide bonds. The Morgan fingerprint density at radius 2 is 2.26 bits per heavy atom. The summed E-state index contributed by atoms with van der Waals surface area (Å²) in [5.74, 6) is 6.46. The maximum absolute atomic E-state index is 12.0. The van der Waals surface area contributed by atoms with Gasteiger partial charge in [0.2, 0.25) is 5.91 Å². The van der Waals surface area contributed by atoms with Gasteiger partial charge in [-0.05, 0) is 13.3 Å². The maximum atomic E-state index is 12.0. The number of aromatic nitrogens is 2. The summed E-state index contributed by atoms with van der Waals surface area (Å²) in [5.41, 5.74) is 1.23. The van der Waals surface area contributed by atoms with E-state index in [1.165, 1.54) is 6.20 Å². The van der Waals surface area contributed by atoms with Crippen molar-refractivity contribution in [3.8, 4) is 17.9 Å². The number of likely N-dealkylation sites (tertiary alicyclic amines) is 1. The van der Waals surface area contributed by atoms with E-state index in [1.807, 2.05) is 4.90 Å². The van der Waals surface area contributed by atoms with Crippen molar-refractivity contribution in [3.63, 3.8) is 0 Å². The van der Waals surface area contributed by atoms with Crippen molar-refractivity contribution in [2.45, 2.75) is 46.1 Å². The number of nitriles is 1. The minimum atomic E-state index is 0.110. The number of amides is 1. The second-order valence-corrected chi connectivity index (χ2v) is 5.42. The van der Waals surface area contributed by atoms with Gasteiger partial charge in [-0.3, -0.25) is 4.79 Å². The number of hydrogen-bond donors (Lipinski definition) is 0. The van der Waals surface area contributed by atoms with Crippen LogP contribution in [0.25, 0.3) is 0 Å². The first kappa shape index (κ1) is 16.8. The normalized spacial score (nSPS) is 15.6. The van der Waals surface area contributed by atoms with Gasteiger partial charge in [-0.15, -0.1) is 11.8 Å². The van der Waals surface area contributed by atoms with Gasteiger partial charge in [-0.2, -0.15) is 10.4 Å². The van der Waals surface area contributed by atoms with Crippen molar-refractivity contribution < 1.29 is 4.79 Å². The van der Waals surface area contributed by atoms with E-state index in [-0.39, 0.29) is 5.91 Å². The van der Waals surface area contributed by atoms with Crippen LogP contribution in [0.1, 0.15) is 45.1 Å². The van der Waals surface area contributed by atoms with Crippen molar-refractivity contribution in [1.82, 2.24) is 14.7 Å². The molecule has 6 heteroatoms. The molecule has 1 fully saturated rings. The van der Waals surface area contributed by atoms with Crippen LogP contribution in [0, 0.1) is 23.2 Å². The molecule has 0 bridgehead atoms. The summed E-state index contributed by atoms with van der Waals surface area (Å²) in [5, 5.41) is 13.4. The molecule has 2 rings (SSSR count). The summed E-state index contributed by atoms with van der Waals surface area (Å²) in [6.07, 6.45) is 4.55. The molecule has 1 saturated heterocycles. The third-order valence-corrected chi connectivity index (χ3v) is 3.68. The van der Waals surface area contributed by atoms with Crippen LogP contribution in [-0.4, -0.2) is 39.4 Å². The lowest BCUT2D eigenvalue weighted by Crippen LogP contribution is -2.26. The lowest BCUT2D eigenvalue weighted by Gasteiger charge is -2.13. The molecule has 0 aliphatic carbocycles. The van der Waals surface area contributed by atoms with Gasteiger partial charge in [0.1, 0.15) is 11.6 Å². The van der Waals surface area contributed by atoms with Crippen LogP contribution in [-0.2, 0) is 11.3 Å². The van der Waals surface area contributed by atoms with Crippen molar-refractivity contribution in [2.75, 3.05) is 13.1 Å². The Morgan fingerprint density at radius 3 is 2.96 bits per heavy atom. The number of hydrogen-bond acceptors (Lipinski definition) is 4. The summed E-state index contributed by atoms with van der Waals surface area (Å²) < 4.78 is 1.69. The third kappa shape index (κ3) is 4.20. The van der Waals surface area contributed by atoms with E-state index in [0.717, 1.165) is 25.1 Å². The molecule has 0 saturated carbocycles. The fourth-order valence-electron chi connectivity index (χ4n) is 2.45. The van der Waals surface area contributed by atoms with Crippen LogP contribution in [0.3, 0.4) is 0 Å². The number of unbranched alkanes of at least 4 members (excludes halogenated alkanes) is 1. The molecule has 0 atom stereocenters. The maximum Gasteiger partial charge on any atom is 0.228 e. The van der Waals surface area contributed by atoms with Crippen LogP contribution in [0.5, 0.6) is 0 Å². The zero-order valence-corrected chi connectivity index (χ0v) is 13.7. The fraction of sp³-hybridized carbons (Fsp3) is 0.529. The predicted molar refractivity (Wildman–Crippen MR) is 88.2 cm³/mol. The van der Waals surface area contributed by atoms with Gasteiger partial charge >= 0.3 is 0 Å². The summed E-state index contributed by atoms with van der Waals surface area (Å²) >= 11 is 0. The highest BCUT2D eigenvalue weighted by molar-refractivity contribution is 6.09. The lowest BCUT2D eigenvalue weighted by atomic mass is 10.3. The van der Waals surface area contributed by atoms with Crippen molar-refractivity contribution in [2.24, 2.45) is 4.99 Å². The standard InChI is InChI=1S/C17H21N5O/c1-3-5-7-9-22-17(14(11-18)12-19-22)20-15-10-16(23)21(13-15)8-6-4-2/h12H,4,6-10,13H2,1-2H3. The Labute approximate surface area is 136 Å². The second-order valence-electron chi connectivity index (χ2n) is 5.42. The summed E-state index contributed by atoms with van der Waals surface area (Å²) in [6, 6.07) is 2.11. The van der Waals surface area contributed by atoms with Crippen LogP contribution >= 0.6 is 0 Å². The Bertz CT molecular complexity index is 699. The Morgan fingerprint density at radius 1 is 1.43 bits per heavy atom. The first-order valence-electron chi connectivity index (χ1n) is 7.89. The average Bonchev–Trinajstić information content (AvgIpc) is 3.09. The molecule has 1 aromatic rings. The molecule has 2 heterocycles. The van der Waals surface area contributed by atoms with Crippen LogP contribution in [0.4, 0.5) is 5.82 Å². The van der Waals surface area contributed by atoms with Gasteiger partial charge in [0, 0.05) is 18.7 Å². The Balaban J connectivity index is 2.17. The minimum absolute atomic E-state index is 0.110. The number of carbonyl (C=O) groups is 1. The van der Waals surface area contributed by atoms with Gasteiger partial charge in [0.05, 0.1) is 25.7 Å². The molecule has 120 valence electrons. The van der Waals surface area contributed by atoms with Crippen molar-refractivity contribution in [1.29, 1.82) is 5.26 Å². The van der Waals surface area contributed by atoms with Gasteiger partial charge < -0.3 is 4.90 Å². The molecule has 6 nitrogen and oxygen atoms in total. The molecule has 1 aromatic heterocycles. The molecule has 0 aromatic carbocycles. The zero-order chi connectivity index (χ0) is 16.7. The molecule has 0 unspecified atom stereocenters. The third-order valence-electron chi connectivity index (χ3n) is 3.68. The second kappa shape index (κ2) is 8.14. The van der Waals surface area contributed by atoms with E-state index in [0.29, 0.717) is 37.3 Å². The quantitative estimate of drug-likeness (QED) is 0.756. The highest BCUT2D eigenvalue weighted by atomic mass is 16.2. The van der Waals surface area contributed by atoms with Gasteiger partial charge in [0.15, 0.2) is 5.82 Å². The molecule has 1 aliphatic heterocycles. The van der Waals surface area contributed by atoms with E-state index in [2.05, 4.69) is 34.9 Å². The smallest absolute Gasteiger partial charge is 0.228 e. The van der Waals surface area contributed by atoms with Crippen LogP contribution in [0.2, 0.25) is 0 Å². The van der Waals surface area contributed by atoms with Crippen LogP contribution < -0.4 is 0 Å². The summed E-state index contributed by atoms with van der Waals surface area (Å²) in [4.78, 5) is 18.4. The predicted octanol–water partition coefficient (Wildman–Crippen LogP) is 2.27. The van der Waals surface area contributed by atoms with Gasteiger partial charge in [-0.25, -0.2) is 9.67 Å². The number of aliphatic imine (C=N–C) groups is 1. The largest absolute Gasteiger partial charge is 0.337 e. The van der Waals surface area contributed by atoms with E-state index in [1.54, 1.807) is 11.6 Å². The monoisotopic (exact) mass is 311 g/mol. The minimum Gasteiger partial charge on any atom is -0.337 e. The van der Waals surface area contributed by atoms with Crippen LogP contribution in [0.15, 0.2) is 11.2 Å². The van der Waals surface area contributed by atoms with Gasteiger partial charge in [0.25, 0.3) is 0 Å². The Hall–Kier alpha value is -2.60. The average molecular weight is 311 g/mol. The fourth-order valence-corrected chi connectivity index (χ4v) is 2.45. The van der Waals surface area contributed by atoms with E-state index in [9.17, 15) is 10.1 Å². The SMILES string of the molecule is CC#CCCn1ncc(C#N)c1N=C1CC(=O)N(CCCC)C1. The molecule has 23 heavy (non-hydrogen) atoms. The highest BCUT2D eigenvalue weighted by Gasteiger charge is 2.26. The molecule has 1 aliphatic rings. The molecular formula is C17H21N5O. The zero-order valence-electron chi connectivity index (χ0n) is 13.7. The first-order valence-corrected chi connectivity index (χ1v) is 7.89. The van der Waals surface area contributed by atoms with Gasteiger partial charge in [-0.1, -0.05) is 13.3 Å².